The van der Waals surface area contributed by atoms with Gasteiger partial charge in [-0.25, -0.2) is 0 Å². The molecule has 15 heavy (non-hydrogen) atoms. The molecule has 0 bridgehead atoms. The Labute approximate surface area is 140 Å². The van der Waals surface area contributed by atoms with Crippen LogP contribution in [0.1, 0.15) is 5.56 Å². The second-order valence-corrected chi connectivity index (χ2v) is 5.47. The van der Waals surface area contributed by atoms with E-state index in [1.807, 2.05) is 24.3 Å². The molecule has 0 heterocycles. The van der Waals surface area contributed by atoms with Gasteiger partial charge in [0.1, 0.15) is 0 Å². The normalized spacial score (nSPS) is 10.9. The fourth-order valence-corrected chi connectivity index (χ4v) is 1.33. The molecule has 0 aliphatic heterocycles. The fourth-order valence-electron chi connectivity index (χ4n) is 1.14. The third kappa shape index (κ3) is 7.16. The van der Waals surface area contributed by atoms with Gasteiger partial charge in [0.05, 0.1) is 6.61 Å². The molecule has 0 N–H and O–H groups in total. The van der Waals surface area contributed by atoms with E-state index in [9.17, 15) is 0 Å². The minimum absolute atomic E-state index is 0. The molecule has 0 saturated heterocycles. The van der Waals surface area contributed by atoms with Crippen molar-refractivity contribution in [1.29, 1.82) is 0 Å². The van der Waals surface area contributed by atoms with Gasteiger partial charge in [0, 0.05) is 11.2 Å². The molecule has 4 heteroatoms. The van der Waals surface area contributed by atoms with E-state index in [1.165, 1.54) is 0 Å². The standard InChI is InChI=1S/C11H17BClO.K/c1-12(2,3)9-14-8-10-6-4-5-7-11(10)13;/h4-7H,8-9H2,1-3H3;/q-1;+1. The van der Waals surface area contributed by atoms with Gasteiger partial charge in [0.2, 0.25) is 0 Å². The van der Waals surface area contributed by atoms with E-state index in [0.29, 0.717) is 6.61 Å². The van der Waals surface area contributed by atoms with Crippen molar-refractivity contribution in [2.24, 2.45) is 0 Å². The van der Waals surface area contributed by atoms with Crippen LogP contribution >= 0.6 is 11.6 Å². The third-order valence-electron chi connectivity index (χ3n) is 1.83. The molecule has 1 aromatic carbocycles. The zero-order valence-corrected chi connectivity index (χ0v) is 14.0. The quantitative estimate of drug-likeness (QED) is 0.717. The van der Waals surface area contributed by atoms with Crippen LogP contribution in [-0.2, 0) is 11.3 Å². The summed E-state index contributed by atoms with van der Waals surface area (Å²) in [5, 5.41) is 0.786. The summed E-state index contributed by atoms with van der Waals surface area (Å²) in [6.45, 7) is 8.07. The van der Waals surface area contributed by atoms with Gasteiger partial charge in [0.15, 0.2) is 0 Å². The zero-order valence-electron chi connectivity index (χ0n) is 10.1. The van der Waals surface area contributed by atoms with Gasteiger partial charge >= 0.3 is 51.4 Å². The Morgan fingerprint density at radius 1 is 1.20 bits per heavy atom. The second kappa shape index (κ2) is 7.49. The van der Waals surface area contributed by atoms with Crippen LogP contribution in [0.25, 0.3) is 0 Å². The van der Waals surface area contributed by atoms with E-state index < -0.39 is 0 Å². The van der Waals surface area contributed by atoms with Crippen LogP contribution in [0.15, 0.2) is 24.3 Å². The number of rotatable bonds is 4. The topological polar surface area (TPSA) is 9.23 Å². The first-order valence-corrected chi connectivity index (χ1v) is 5.47. The van der Waals surface area contributed by atoms with E-state index in [0.717, 1.165) is 17.1 Å². The first-order chi connectivity index (χ1) is 6.49. The molecular formula is C11H17BClKO. The smallest absolute Gasteiger partial charge is 0.414 e. The van der Waals surface area contributed by atoms with Crippen molar-refractivity contribution in [3.8, 4) is 0 Å². The van der Waals surface area contributed by atoms with Crippen molar-refractivity contribution < 1.29 is 56.1 Å². The SMILES string of the molecule is C[B-](C)(C)COCc1ccccc1Cl.[K+]. The number of benzene rings is 1. The van der Waals surface area contributed by atoms with Crippen LogP contribution in [0, 0.1) is 0 Å². The molecule has 0 spiro atoms. The van der Waals surface area contributed by atoms with Gasteiger partial charge in [-0.2, -0.15) is 20.5 Å². The van der Waals surface area contributed by atoms with Crippen molar-refractivity contribution >= 4 is 17.7 Å². The fraction of sp³-hybridized carbons (Fsp3) is 0.455. The largest absolute Gasteiger partial charge is 1.00 e. The van der Waals surface area contributed by atoms with Gasteiger partial charge in [-0.3, -0.25) is 0 Å². The molecule has 1 rings (SSSR count). The molecule has 1 aromatic rings. The molecule has 0 atom stereocenters. The second-order valence-electron chi connectivity index (χ2n) is 5.06. The van der Waals surface area contributed by atoms with Crippen molar-refractivity contribution in [1.82, 2.24) is 0 Å². The Hall–Kier alpha value is 1.17. The molecule has 0 aliphatic rings. The molecule has 1 nitrogen and oxygen atoms in total. The molecule has 78 valence electrons. The predicted molar refractivity (Wildman–Crippen MR) is 64.5 cm³/mol. The van der Waals surface area contributed by atoms with Crippen LogP contribution in [0.5, 0.6) is 0 Å². The van der Waals surface area contributed by atoms with E-state index in [2.05, 4.69) is 20.5 Å². The van der Waals surface area contributed by atoms with Crippen LogP contribution in [0.2, 0.25) is 25.5 Å². The van der Waals surface area contributed by atoms with E-state index >= 15 is 0 Å². The van der Waals surface area contributed by atoms with Gasteiger partial charge in [0.25, 0.3) is 0 Å². The molecule has 0 unspecified atom stereocenters. The Balaban J connectivity index is 0.00000196. The van der Waals surface area contributed by atoms with Gasteiger partial charge in [-0.1, -0.05) is 36.3 Å². The van der Waals surface area contributed by atoms with Crippen LogP contribution < -0.4 is 51.4 Å². The summed E-state index contributed by atoms with van der Waals surface area (Å²) in [6, 6.07) is 7.80. The molecule has 0 amide bonds. The molecule has 0 aromatic heterocycles. The van der Waals surface area contributed by atoms with Crippen molar-refractivity contribution in [2.75, 3.05) is 6.51 Å². The number of hydrogen-bond acceptors (Lipinski definition) is 1. The summed E-state index contributed by atoms with van der Waals surface area (Å²) >= 11 is 6.00. The summed E-state index contributed by atoms with van der Waals surface area (Å²) in [5.74, 6) is 0. The average Bonchev–Trinajstić information content (AvgIpc) is 2.06. The van der Waals surface area contributed by atoms with Crippen LogP contribution in [-0.4, -0.2) is 12.7 Å². The number of halogens is 1. The van der Waals surface area contributed by atoms with Crippen LogP contribution in [0.4, 0.5) is 0 Å². The maximum absolute atomic E-state index is 6.00. The maximum atomic E-state index is 6.00. The van der Waals surface area contributed by atoms with Crippen molar-refractivity contribution in [3.63, 3.8) is 0 Å². The van der Waals surface area contributed by atoms with Gasteiger partial charge in [-0.05, 0) is 11.6 Å². The molecular weight excluding hydrogens is 233 g/mol. The number of ether oxygens (including phenoxy) is 1. The first-order valence-electron chi connectivity index (χ1n) is 5.09. The summed E-state index contributed by atoms with van der Waals surface area (Å²) in [6.07, 6.45) is -0.377. The Bertz CT molecular complexity index is 299. The third-order valence-corrected chi connectivity index (χ3v) is 2.20. The summed E-state index contributed by atoms with van der Waals surface area (Å²) in [4.78, 5) is 0. The average molecular weight is 251 g/mol. The monoisotopic (exact) mass is 250 g/mol. The Morgan fingerprint density at radius 2 is 1.80 bits per heavy atom. The van der Waals surface area contributed by atoms with Crippen LogP contribution in [0.3, 0.4) is 0 Å². The summed E-state index contributed by atoms with van der Waals surface area (Å²) in [7, 11) is 0. The van der Waals surface area contributed by atoms with Gasteiger partial charge < -0.3 is 4.74 Å². The maximum Gasteiger partial charge on any atom is 1.00 e. The van der Waals surface area contributed by atoms with Crippen molar-refractivity contribution in [2.45, 2.75) is 27.1 Å². The van der Waals surface area contributed by atoms with Crippen molar-refractivity contribution in [3.05, 3.63) is 34.9 Å². The Kier molecular flexibility index (Phi) is 8.07. The summed E-state index contributed by atoms with van der Waals surface area (Å²) in [5.41, 5.74) is 1.06. The summed E-state index contributed by atoms with van der Waals surface area (Å²) < 4.78 is 5.61. The molecule has 0 saturated carbocycles. The predicted octanol–water partition coefficient (Wildman–Crippen LogP) is 0.738. The Morgan fingerprint density at radius 3 is 2.33 bits per heavy atom. The zero-order chi connectivity index (χ0) is 10.6. The minimum atomic E-state index is -0.377. The molecule has 0 fully saturated rings. The minimum Gasteiger partial charge on any atom is -0.414 e. The van der Waals surface area contributed by atoms with E-state index in [4.69, 9.17) is 16.3 Å². The number of hydrogen-bond donors (Lipinski definition) is 0. The molecule has 0 aliphatic carbocycles. The van der Waals surface area contributed by atoms with E-state index in [1.54, 1.807) is 0 Å². The first kappa shape index (κ1) is 16.2. The van der Waals surface area contributed by atoms with Gasteiger partial charge in [-0.15, -0.1) is 0 Å². The van der Waals surface area contributed by atoms with E-state index in [-0.39, 0.29) is 57.5 Å². The molecule has 0 radical (unpaired) electrons.